The molecule has 0 amide bonds. The second-order valence-corrected chi connectivity index (χ2v) is 6.69. The van der Waals surface area contributed by atoms with E-state index < -0.39 is 5.92 Å². The molecule has 6 heteroatoms. The minimum absolute atomic E-state index is 0.0330. The van der Waals surface area contributed by atoms with Crippen LogP contribution < -0.4 is 0 Å². The molecular weight excluding hydrogens is 292 g/mol. The number of halogens is 2. The van der Waals surface area contributed by atoms with E-state index >= 15 is 0 Å². The van der Waals surface area contributed by atoms with Crippen molar-refractivity contribution in [2.75, 3.05) is 0 Å². The van der Waals surface area contributed by atoms with Crippen molar-refractivity contribution in [3.8, 4) is 0 Å². The molecule has 3 rings (SSSR count). The maximum Gasteiger partial charge on any atom is 0.248 e. The first-order valence-corrected chi connectivity index (χ1v) is 8.12. The van der Waals surface area contributed by atoms with E-state index in [0.717, 1.165) is 16.4 Å². The smallest absolute Gasteiger partial charge is 0.248 e. The molecule has 1 saturated carbocycles. The van der Waals surface area contributed by atoms with Gasteiger partial charge in [0.15, 0.2) is 6.17 Å². The van der Waals surface area contributed by atoms with Gasteiger partial charge in [-0.3, -0.25) is 4.99 Å². The Morgan fingerprint density at radius 2 is 2.00 bits per heavy atom. The summed E-state index contributed by atoms with van der Waals surface area (Å²) in [5, 5.41) is 2.94. The summed E-state index contributed by atoms with van der Waals surface area (Å²) in [5.74, 6) is -2.50. The molecule has 0 N–H and O–H groups in total. The van der Waals surface area contributed by atoms with Crippen LogP contribution in [0, 0.1) is 6.92 Å². The largest absolute Gasteiger partial charge is 0.345 e. The van der Waals surface area contributed by atoms with E-state index in [-0.39, 0.29) is 25.0 Å². The van der Waals surface area contributed by atoms with Gasteiger partial charge in [0.2, 0.25) is 5.92 Å². The molecule has 1 aliphatic carbocycles. The van der Waals surface area contributed by atoms with Crippen LogP contribution in [0.3, 0.4) is 0 Å². The number of nitrogens with zero attached hydrogens (tertiary/aromatic N) is 3. The van der Waals surface area contributed by atoms with Crippen molar-refractivity contribution < 1.29 is 8.78 Å². The standard InChI is InChI=1S/C15H19F2N3S/c1-10-9-21-14(19-10)13-18-8-5-11(2)20(13)12-3-6-15(16,17)7-4-12/h5,8-9,12-13H,3-4,6-7H2,1-2H3. The Hall–Kier alpha value is -1.30. The zero-order valence-corrected chi connectivity index (χ0v) is 13.0. The quantitative estimate of drug-likeness (QED) is 0.814. The fraction of sp³-hybridized carbons (Fsp3) is 0.600. The van der Waals surface area contributed by atoms with Crippen molar-refractivity contribution in [1.29, 1.82) is 0 Å². The van der Waals surface area contributed by atoms with E-state index in [2.05, 4.69) is 14.9 Å². The molecule has 1 aromatic rings. The Bertz CT molecular complexity index is 569. The van der Waals surface area contributed by atoms with Crippen molar-refractivity contribution in [3.63, 3.8) is 0 Å². The van der Waals surface area contributed by atoms with Gasteiger partial charge in [-0.2, -0.15) is 0 Å². The van der Waals surface area contributed by atoms with Gasteiger partial charge in [0.05, 0.1) is 0 Å². The summed E-state index contributed by atoms with van der Waals surface area (Å²) >= 11 is 1.58. The van der Waals surface area contributed by atoms with Gasteiger partial charge in [0.25, 0.3) is 0 Å². The Balaban J connectivity index is 1.83. The first-order valence-electron chi connectivity index (χ1n) is 7.24. The number of rotatable bonds is 2. The maximum atomic E-state index is 13.4. The summed E-state index contributed by atoms with van der Waals surface area (Å²) in [7, 11) is 0. The van der Waals surface area contributed by atoms with Gasteiger partial charge in [0.1, 0.15) is 5.01 Å². The highest BCUT2D eigenvalue weighted by Crippen LogP contribution is 2.40. The van der Waals surface area contributed by atoms with Gasteiger partial charge in [-0.1, -0.05) is 0 Å². The summed E-state index contributed by atoms with van der Waals surface area (Å²) < 4.78 is 26.8. The van der Waals surface area contributed by atoms with E-state index in [0.29, 0.717) is 12.8 Å². The number of hydrogen-bond donors (Lipinski definition) is 0. The summed E-state index contributed by atoms with van der Waals surface area (Å²) in [6, 6.07) is 0.118. The average Bonchev–Trinajstić information content (AvgIpc) is 2.86. The van der Waals surface area contributed by atoms with Crippen LogP contribution in [-0.4, -0.2) is 28.1 Å². The van der Waals surface area contributed by atoms with E-state index in [1.807, 2.05) is 25.3 Å². The first-order chi connectivity index (χ1) is 9.96. The number of hydrogen-bond acceptors (Lipinski definition) is 4. The van der Waals surface area contributed by atoms with Crippen molar-refractivity contribution in [2.45, 2.75) is 57.7 Å². The van der Waals surface area contributed by atoms with Gasteiger partial charge in [-0.15, -0.1) is 11.3 Å². The maximum absolute atomic E-state index is 13.4. The van der Waals surface area contributed by atoms with Crippen molar-refractivity contribution in [2.24, 2.45) is 4.99 Å². The van der Waals surface area contributed by atoms with Crippen molar-refractivity contribution >= 4 is 17.6 Å². The van der Waals surface area contributed by atoms with E-state index in [1.165, 1.54) is 0 Å². The van der Waals surface area contributed by atoms with Gasteiger partial charge in [0, 0.05) is 41.9 Å². The highest BCUT2D eigenvalue weighted by Gasteiger charge is 2.39. The topological polar surface area (TPSA) is 28.5 Å². The Morgan fingerprint density at radius 1 is 1.29 bits per heavy atom. The lowest BCUT2D eigenvalue weighted by molar-refractivity contribution is -0.0541. The number of thiazole rings is 1. The summed E-state index contributed by atoms with van der Waals surface area (Å²) in [6.07, 6.45) is 4.53. The molecule has 114 valence electrons. The van der Waals surface area contributed by atoms with E-state index in [1.54, 1.807) is 17.6 Å². The summed E-state index contributed by atoms with van der Waals surface area (Å²) in [6.45, 7) is 3.98. The third-order valence-electron chi connectivity index (χ3n) is 4.15. The van der Waals surface area contributed by atoms with Crippen LogP contribution in [0.4, 0.5) is 8.78 Å². The predicted molar refractivity (Wildman–Crippen MR) is 80.9 cm³/mol. The molecule has 0 radical (unpaired) electrons. The minimum Gasteiger partial charge on any atom is -0.345 e. The molecule has 1 fully saturated rings. The molecule has 2 aliphatic rings. The third-order valence-corrected chi connectivity index (χ3v) is 5.15. The fourth-order valence-electron chi connectivity index (χ4n) is 3.05. The second kappa shape index (κ2) is 5.48. The van der Waals surface area contributed by atoms with Crippen LogP contribution in [0.25, 0.3) is 0 Å². The summed E-state index contributed by atoms with van der Waals surface area (Å²) in [5.41, 5.74) is 2.06. The van der Waals surface area contributed by atoms with Gasteiger partial charge in [-0.25, -0.2) is 13.8 Å². The third kappa shape index (κ3) is 3.00. The van der Waals surface area contributed by atoms with E-state index in [9.17, 15) is 8.78 Å². The molecule has 0 aromatic carbocycles. The molecule has 1 unspecified atom stereocenters. The molecule has 21 heavy (non-hydrogen) atoms. The second-order valence-electron chi connectivity index (χ2n) is 5.80. The highest BCUT2D eigenvalue weighted by molar-refractivity contribution is 7.09. The van der Waals surface area contributed by atoms with Crippen molar-refractivity contribution in [3.05, 3.63) is 27.9 Å². The monoisotopic (exact) mass is 311 g/mol. The van der Waals surface area contributed by atoms with Crippen LogP contribution in [0.2, 0.25) is 0 Å². The highest BCUT2D eigenvalue weighted by atomic mass is 32.1. The fourth-order valence-corrected chi connectivity index (χ4v) is 3.88. The minimum atomic E-state index is -2.50. The zero-order valence-electron chi connectivity index (χ0n) is 12.2. The van der Waals surface area contributed by atoms with Crippen molar-refractivity contribution in [1.82, 2.24) is 9.88 Å². The molecule has 0 spiro atoms. The van der Waals surface area contributed by atoms with Gasteiger partial charge >= 0.3 is 0 Å². The predicted octanol–water partition coefficient (Wildman–Crippen LogP) is 4.32. The Kier molecular flexibility index (Phi) is 3.82. The molecule has 1 aliphatic heterocycles. The van der Waals surface area contributed by atoms with Crippen LogP contribution in [0.5, 0.6) is 0 Å². The Labute approximate surface area is 127 Å². The van der Waals surface area contributed by atoms with Crippen LogP contribution in [0.1, 0.15) is 49.5 Å². The molecule has 0 bridgehead atoms. The van der Waals surface area contributed by atoms with E-state index in [4.69, 9.17) is 0 Å². The molecule has 1 aromatic heterocycles. The summed E-state index contributed by atoms with van der Waals surface area (Å²) in [4.78, 5) is 11.2. The number of aliphatic imine (C=N–C) groups is 1. The Morgan fingerprint density at radius 3 is 2.62 bits per heavy atom. The zero-order chi connectivity index (χ0) is 15.0. The van der Waals surface area contributed by atoms with Crippen LogP contribution in [-0.2, 0) is 0 Å². The normalized spacial score (nSPS) is 26.0. The lowest BCUT2D eigenvalue weighted by atomic mass is 9.90. The SMILES string of the molecule is CC1=CC=NC(c2nc(C)cs2)N1C1CCC(F)(F)CC1. The van der Waals surface area contributed by atoms with Crippen LogP contribution >= 0.6 is 11.3 Å². The number of alkyl halides is 2. The van der Waals surface area contributed by atoms with Crippen LogP contribution in [0.15, 0.2) is 22.1 Å². The van der Waals surface area contributed by atoms with Gasteiger partial charge < -0.3 is 4.90 Å². The molecule has 2 heterocycles. The number of aromatic nitrogens is 1. The van der Waals surface area contributed by atoms with Gasteiger partial charge in [-0.05, 0) is 32.8 Å². The molecule has 3 nitrogen and oxygen atoms in total. The first kappa shape index (κ1) is 14.6. The average molecular weight is 311 g/mol. The number of allylic oxidation sites excluding steroid dienone is 2. The lowest BCUT2D eigenvalue weighted by Gasteiger charge is -2.42. The molecule has 0 saturated heterocycles. The molecule has 1 atom stereocenters. The lowest BCUT2D eigenvalue weighted by Crippen LogP contribution is -2.42. The molecular formula is C15H19F2N3S. The number of aryl methyl sites for hydroxylation is 1.